The number of nitro benzene ring substituents is 1. The number of rotatable bonds is 6. The first-order chi connectivity index (χ1) is 10.5. The van der Waals surface area contributed by atoms with E-state index in [0.29, 0.717) is 39.1 Å². The van der Waals surface area contributed by atoms with Crippen molar-refractivity contribution in [3.63, 3.8) is 0 Å². The van der Waals surface area contributed by atoms with Crippen LogP contribution in [0.5, 0.6) is 0 Å². The predicted octanol–water partition coefficient (Wildman–Crippen LogP) is 1.05. The Hall–Kier alpha value is -1.90. The molecule has 8 nitrogen and oxygen atoms in total. The molecule has 0 saturated carbocycles. The average Bonchev–Trinajstić information content (AvgIpc) is 2.52. The molecular formula is C14H21ClN4O4. The molecule has 0 spiro atoms. The third kappa shape index (κ3) is 5.34. The van der Waals surface area contributed by atoms with Crippen LogP contribution < -0.4 is 16.4 Å². The van der Waals surface area contributed by atoms with E-state index < -0.39 is 10.5 Å². The molecule has 0 radical (unpaired) electrons. The number of hydrogen-bond donors (Lipinski definition) is 3. The van der Waals surface area contributed by atoms with E-state index in [0.717, 1.165) is 5.69 Å². The SMILES string of the molecule is Cl.NC1(C(=O)NCCNc2ccc([N+](=O)[O-])cc2)CCOCC1. The van der Waals surface area contributed by atoms with Gasteiger partial charge in [-0.15, -0.1) is 12.4 Å². The fourth-order valence-corrected chi connectivity index (χ4v) is 2.22. The Labute approximate surface area is 140 Å². The van der Waals surface area contributed by atoms with E-state index in [-0.39, 0.29) is 24.0 Å². The number of hydrogen-bond acceptors (Lipinski definition) is 6. The van der Waals surface area contributed by atoms with Gasteiger partial charge in [-0.25, -0.2) is 0 Å². The molecule has 0 aliphatic carbocycles. The van der Waals surface area contributed by atoms with Crippen LogP contribution in [-0.2, 0) is 9.53 Å². The van der Waals surface area contributed by atoms with Crippen molar-refractivity contribution in [1.29, 1.82) is 0 Å². The summed E-state index contributed by atoms with van der Waals surface area (Å²) in [4.78, 5) is 22.2. The van der Waals surface area contributed by atoms with Crippen molar-refractivity contribution >= 4 is 29.7 Å². The van der Waals surface area contributed by atoms with E-state index in [1.54, 1.807) is 12.1 Å². The van der Waals surface area contributed by atoms with E-state index in [2.05, 4.69) is 10.6 Å². The first-order valence-electron chi connectivity index (χ1n) is 7.14. The van der Waals surface area contributed by atoms with Crippen molar-refractivity contribution in [3.8, 4) is 0 Å². The highest BCUT2D eigenvalue weighted by atomic mass is 35.5. The van der Waals surface area contributed by atoms with Crippen LogP contribution in [0.1, 0.15) is 12.8 Å². The van der Waals surface area contributed by atoms with Gasteiger partial charge in [0.1, 0.15) is 0 Å². The lowest BCUT2D eigenvalue weighted by molar-refractivity contribution is -0.384. The van der Waals surface area contributed by atoms with Crippen LogP contribution in [0.3, 0.4) is 0 Å². The quantitative estimate of drug-likeness (QED) is 0.403. The van der Waals surface area contributed by atoms with Gasteiger partial charge in [-0.3, -0.25) is 14.9 Å². The van der Waals surface area contributed by atoms with Crippen molar-refractivity contribution in [3.05, 3.63) is 34.4 Å². The Bertz CT molecular complexity index is 532. The zero-order valence-electron chi connectivity index (χ0n) is 12.6. The molecule has 1 aromatic rings. The normalized spacial score (nSPS) is 16.0. The number of carbonyl (C=O) groups is 1. The average molecular weight is 345 g/mol. The van der Waals surface area contributed by atoms with Crippen LogP contribution in [-0.4, -0.2) is 42.7 Å². The summed E-state index contributed by atoms with van der Waals surface area (Å²) in [5.41, 5.74) is 6.03. The lowest BCUT2D eigenvalue weighted by Crippen LogP contribution is -2.57. The van der Waals surface area contributed by atoms with Gasteiger partial charge < -0.3 is 21.1 Å². The molecule has 128 valence electrons. The van der Waals surface area contributed by atoms with Gasteiger partial charge in [-0.2, -0.15) is 0 Å². The maximum atomic E-state index is 12.1. The summed E-state index contributed by atoms with van der Waals surface area (Å²) in [6, 6.07) is 6.11. The van der Waals surface area contributed by atoms with Crippen LogP contribution in [0, 0.1) is 10.1 Å². The Morgan fingerprint density at radius 1 is 1.26 bits per heavy atom. The molecule has 4 N–H and O–H groups in total. The van der Waals surface area contributed by atoms with Gasteiger partial charge in [-0.1, -0.05) is 0 Å². The van der Waals surface area contributed by atoms with Crippen molar-refractivity contribution in [2.24, 2.45) is 5.73 Å². The zero-order chi connectivity index (χ0) is 16.0. The molecule has 23 heavy (non-hydrogen) atoms. The summed E-state index contributed by atoms with van der Waals surface area (Å²) in [5, 5.41) is 16.4. The third-order valence-electron chi connectivity index (χ3n) is 3.66. The Kier molecular flexibility index (Phi) is 7.21. The van der Waals surface area contributed by atoms with Gasteiger partial charge in [-0.05, 0) is 25.0 Å². The Morgan fingerprint density at radius 3 is 2.43 bits per heavy atom. The van der Waals surface area contributed by atoms with E-state index >= 15 is 0 Å². The summed E-state index contributed by atoms with van der Waals surface area (Å²) in [6.45, 7) is 1.95. The molecule has 1 fully saturated rings. The van der Waals surface area contributed by atoms with Gasteiger partial charge in [0.15, 0.2) is 0 Å². The molecule has 0 bridgehead atoms. The molecule has 9 heteroatoms. The minimum atomic E-state index is -0.842. The number of amides is 1. The molecule has 1 aliphatic heterocycles. The van der Waals surface area contributed by atoms with Crippen LogP contribution in [0.15, 0.2) is 24.3 Å². The van der Waals surface area contributed by atoms with Crippen molar-refractivity contribution < 1.29 is 14.5 Å². The van der Waals surface area contributed by atoms with Gasteiger partial charge >= 0.3 is 0 Å². The number of nitro groups is 1. The van der Waals surface area contributed by atoms with E-state index in [9.17, 15) is 14.9 Å². The minimum Gasteiger partial charge on any atom is -0.383 e. The van der Waals surface area contributed by atoms with Gasteiger partial charge in [0.2, 0.25) is 5.91 Å². The predicted molar refractivity (Wildman–Crippen MR) is 88.8 cm³/mol. The van der Waals surface area contributed by atoms with E-state index in [1.807, 2.05) is 0 Å². The largest absolute Gasteiger partial charge is 0.383 e. The lowest BCUT2D eigenvalue weighted by Gasteiger charge is -2.31. The standard InChI is InChI=1S/C14H20N4O4.ClH/c15-14(5-9-22-10-6-14)13(19)17-8-7-16-11-1-3-12(4-2-11)18(20)21;/h1-4,16H,5-10,15H2,(H,17,19);1H. The smallest absolute Gasteiger partial charge is 0.269 e. The summed E-state index contributed by atoms with van der Waals surface area (Å²) >= 11 is 0. The lowest BCUT2D eigenvalue weighted by atomic mass is 9.90. The van der Waals surface area contributed by atoms with Crippen LogP contribution >= 0.6 is 12.4 Å². The highest BCUT2D eigenvalue weighted by molar-refractivity contribution is 5.86. The van der Waals surface area contributed by atoms with Crippen LogP contribution in [0.4, 0.5) is 11.4 Å². The molecule has 1 amide bonds. The maximum absolute atomic E-state index is 12.1. The number of nitrogens with two attached hydrogens (primary N) is 1. The molecule has 0 aromatic heterocycles. The minimum absolute atomic E-state index is 0. The number of halogens is 1. The molecule has 1 aliphatic rings. The maximum Gasteiger partial charge on any atom is 0.269 e. The molecule has 1 heterocycles. The first-order valence-corrected chi connectivity index (χ1v) is 7.14. The fourth-order valence-electron chi connectivity index (χ4n) is 2.22. The summed E-state index contributed by atoms with van der Waals surface area (Å²) in [5.74, 6) is -0.165. The van der Waals surface area contributed by atoms with Gasteiger partial charge in [0.05, 0.1) is 10.5 Å². The van der Waals surface area contributed by atoms with Gasteiger partial charge in [0.25, 0.3) is 5.69 Å². The number of carbonyl (C=O) groups excluding carboxylic acids is 1. The number of anilines is 1. The Balaban J connectivity index is 0.00000264. The van der Waals surface area contributed by atoms with E-state index in [4.69, 9.17) is 10.5 Å². The van der Waals surface area contributed by atoms with Crippen molar-refractivity contribution in [1.82, 2.24) is 5.32 Å². The number of benzene rings is 1. The topological polar surface area (TPSA) is 120 Å². The molecule has 2 rings (SSSR count). The highest BCUT2D eigenvalue weighted by Gasteiger charge is 2.35. The second kappa shape index (κ2) is 8.66. The number of nitrogens with zero attached hydrogens (tertiary/aromatic N) is 1. The van der Waals surface area contributed by atoms with Crippen molar-refractivity contribution in [2.75, 3.05) is 31.6 Å². The van der Waals surface area contributed by atoms with Crippen molar-refractivity contribution in [2.45, 2.75) is 18.4 Å². The second-order valence-electron chi connectivity index (χ2n) is 5.26. The van der Waals surface area contributed by atoms with E-state index in [1.165, 1.54) is 12.1 Å². The molecule has 1 aromatic carbocycles. The Morgan fingerprint density at radius 2 is 1.87 bits per heavy atom. The third-order valence-corrected chi connectivity index (χ3v) is 3.66. The summed E-state index contributed by atoms with van der Waals surface area (Å²) in [7, 11) is 0. The number of ether oxygens (including phenoxy) is 1. The molecule has 0 atom stereocenters. The fraction of sp³-hybridized carbons (Fsp3) is 0.500. The molecule has 0 unspecified atom stereocenters. The number of non-ortho nitro benzene ring substituents is 1. The van der Waals surface area contributed by atoms with Gasteiger partial charge in [0, 0.05) is 44.1 Å². The zero-order valence-corrected chi connectivity index (χ0v) is 13.4. The van der Waals surface area contributed by atoms with Crippen LogP contribution in [0.25, 0.3) is 0 Å². The monoisotopic (exact) mass is 344 g/mol. The molecular weight excluding hydrogens is 324 g/mol. The second-order valence-corrected chi connectivity index (χ2v) is 5.26. The first kappa shape index (κ1) is 19.1. The summed E-state index contributed by atoms with van der Waals surface area (Å²) < 4.78 is 5.20. The summed E-state index contributed by atoms with van der Waals surface area (Å²) in [6.07, 6.45) is 1.04. The highest BCUT2D eigenvalue weighted by Crippen LogP contribution is 2.17. The number of nitrogens with one attached hydrogen (secondary N) is 2. The molecule has 1 saturated heterocycles. The van der Waals surface area contributed by atoms with Crippen LogP contribution in [0.2, 0.25) is 0 Å².